The molecule has 86 valence electrons. The molecule has 1 aromatic carbocycles. The van der Waals surface area contributed by atoms with Crippen molar-refractivity contribution in [2.75, 3.05) is 20.3 Å². The zero-order valence-electron chi connectivity index (χ0n) is 9.31. The summed E-state index contributed by atoms with van der Waals surface area (Å²) >= 11 is 0. The minimum absolute atomic E-state index is 0.0185. The lowest BCUT2D eigenvalue weighted by Gasteiger charge is -2.14. The van der Waals surface area contributed by atoms with E-state index in [1.165, 1.54) is 0 Å². The predicted molar refractivity (Wildman–Crippen MR) is 60.6 cm³/mol. The highest BCUT2D eigenvalue weighted by molar-refractivity contribution is 5.32. The zero-order valence-corrected chi connectivity index (χ0v) is 9.31. The Bertz CT molecular complexity index is 360. The number of ether oxygens (including phenoxy) is 1. The highest BCUT2D eigenvalue weighted by Crippen LogP contribution is 2.18. The molecular formula is C12H16N2O2. The maximum Gasteiger partial charge on any atom is 0.121 e. The summed E-state index contributed by atoms with van der Waals surface area (Å²) in [5.41, 5.74) is 1.89. The Kier molecular flexibility index (Phi) is 5.51. The zero-order chi connectivity index (χ0) is 11.8. The Labute approximate surface area is 95.5 Å². The standard InChI is InChI=1S/C12H16N2O2/c1-16-9-10-4-2-3-5-11(10)12(8-13)14-6-7-15/h2-5,12,14-15H,6-7,9H2,1H3. The summed E-state index contributed by atoms with van der Waals surface area (Å²) in [6.07, 6.45) is 0. The van der Waals surface area contributed by atoms with Crippen LogP contribution in [-0.4, -0.2) is 25.4 Å². The summed E-state index contributed by atoms with van der Waals surface area (Å²) in [6, 6.07) is 9.40. The van der Waals surface area contributed by atoms with Crippen molar-refractivity contribution in [3.05, 3.63) is 35.4 Å². The lowest BCUT2D eigenvalue weighted by Crippen LogP contribution is -2.24. The van der Waals surface area contributed by atoms with Crippen molar-refractivity contribution in [2.45, 2.75) is 12.6 Å². The largest absolute Gasteiger partial charge is 0.395 e. The van der Waals surface area contributed by atoms with E-state index in [-0.39, 0.29) is 6.61 Å². The molecule has 1 aromatic rings. The number of aliphatic hydroxyl groups excluding tert-OH is 1. The van der Waals surface area contributed by atoms with E-state index in [9.17, 15) is 0 Å². The molecule has 1 unspecified atom stereocenters. The first-order chi connectivity index (χ1) is 7.83. The van der Waals surface area contributed by atoms with Gasteiger partial charge in [0.15, 0.2) is 0 Å². The van der Waals surface area contributed by atoms with Gasteiger partial charge in [-0.2, -0.15) is 5.26 Å². The van der Waals surface area contributed by atoms with Crippen molar-refractivity contribution in [3.63, 3.8) is 0 Å². The van der Waals surface area contributed by atoms with Gasteiger partial charge in [0.25, 0.3) is 0 Å². The molecule has 0 saturated heterocycles. The molecule has 4 nitrogen and oxygen atoms in total. The minimum Gasteiger partial charge on any atom is -0.395 e. The number of hydrogen-bond donors (Lipinski definition) is 2. The van der Waals surface area contributed by atoms with Crippen LogP contribution in [0.5, 0.6) is 0 Å². The van der Waals surface area contributed by atoms with Gasteiger partial charge < -0.3 is 9.84 Å². The first-order valence-electron chi connectivity index (χ1n) is 5.14. The van der Waals surface area contributed by atoms with Gasteiger partial charge in [0, 0.05) is 13.7 Å². The number of nitriles is 1. The smallest absolute Gasteiger partial charge is 0.121 e. The van der Waals surface area contributed by atoms with E-state index in [0.29, 0.717) is 13.2 Å². The molecule has 0 aliphatic heterocycles. The van der Waals surface area contributed by atoms with E-state index >= 15 is 0 Å². The van der Waals surface area contributed by atoms with Gasteiger partial charge in [-0.1, -0.05) is 24.3 Å². The molecule has 0 heterocycles. The van der Waals surface area contributed by atoms with Crippen LogP contribution in [0.3, 0.4) is 0 Å². The van der Waals surface area contributed by atoms with Crippen molar-refractivity contribution in [1.82, 2.24) is 5.32 Å². The predicted octanol–water partition coefficient (Wildman–Crippen LogP) is 0.980. The SMILES string of the molecule is COCc1ccccc1C(C#N)NCCO. The van der Waals surface area contributed by atoms with Gasteiger partial charge in [-0.3, -0.25) is 5.32 Å². The van der Waals surface area contributed by atoms with E-state index < -0.39 is 6.04 Å². The first-order valence-corrected chi connectivity index (χ1v) is 5.14. The molecule has 2 N–H and O–H groups in total. The Hall–Kier alpha value is -1.41. The third-order valence-electron chi connectivity index (χ3n) is 2.26. The molecule has 0 radical (unpaired) electrons. The number of benzene rings is 1. The fourth-order valence-corrected chi connectivity index (χ4v) is 1.54. The molecule has 0 bridgehead atoms. The van der Waals surface area contributed by atoms with Crippen LogP contribution in [-0.2, 0) is 11.3 Å². The Morgan fingerprint density at radius 1 is 1.50 bits per heavy atom. The number of nitrogens with one attached hydrogen (secondary N) is 1. The molecule has 1 atom stereocenters. The Balaban J connectivity index is 2.86. The average Bonchev–Trinajstić information content (AvgIpc) is 2.32. The number of aliphatic hydroxyl groups is 1. The monoisotopic (exact) mass is 220 g/mol. The van der Waals surface area contributed by atoms with Crippen molar-refractivity contribution in [1.29, 1.82) is 5.26 Å². The molecule has 0 aliphatic carbocycles. The second-order valence-electron chi connectivity index (χ2n) is 3.37. The van der Waals surface area contributed by atoms with Crippen LogP contribution in [0.2, 0.25) is 0 Å². The summed E-state index contributed by atoms with van der Waals surface area (Å²) < 4.78 is 5.08. The molecule has 1 rings (SSSR count). The summed E-state index contributed by atoms with van der Waals surface area (Å²) in [7, 11) is 1.62. The van der Waals surface area contributed by atoms with Crippen LogP contribution in [0.4, 0.5) is 0 Å². The molecular weight excluding hydrogens is 204 g/mol. The van der Waals surface area contributed by atoms with Crippen LogP contribution in [0, 0.1) is 11.3 Å². The molecule has 0 aliphatic rings. The van der Waals surface area contributed by atoms with Crippen LogP contribution >= 0.6 is 0 Å². The first kappa shape index (κ1) is 12.7. The van der Waals surface area contributed by atoms with Crippen molar-refractivity contribution in [2.24, 2.45) is 0 Å². The topological polar surface area (TPSA) is 65.3 Å². The van der Waals surface area contributed by atoms with Crippen molar-refractivity contribution in [3.8, 4) is 6.07 Å². The van der Waals surface area contributed by atoms with Gasteiger partial charge in [-0.15, -0.1) is 0 Å². The highest BCUT2D eigenvalue weighted by atomic mass is 16.5. The molecule has 16 heavy (non-hydrogen) atoms. The van der Waals surface area contributed by atoms with Gasteiger partial charge in [0.05, 0.1) is 19.3 Å². The van der Waals surface area contributed by atoms with E-state index in [4.69, 9.17) is 15.1 Å². The Morgan fingerprint density at radius 3 is 2.88 bits per heavy atom. The normalized spacial score (nSPS) is 12.1. The van der Waals surface area contributed by atoms with Crippen molar-refractivity contribution < 1.29 is 9.84 Å². The second kappa shape index (κ2) is 6.96. The minimum atomic E-state index is -0.404. The number of hydrogen-bond acceptors (Lipinski definition) is 4. The van der Waals surface area contributed by atoms with Gasteiger partial charge >= 0.3 is 0 Å². The van der Waals surface area contributed by atoms with Gasteiger partial charge in [0.2, 0.25) is 0 Å². The third-order valence-corrected chi connectivity index (χ3v) is 2.26. The summed E-state index contributed by atoms with van der Waals surface area (Å²) in [5, 5.41) is 20.8. The second-order valence-corrected chi connectivity index (χ2v) is 3.37. The molecule has 0 aromatic heterocycles. The van der Waals surface area contributed by atoms with Crippen molar-refractivity contribution >= 4 is 0 Å². The fourth-order valence-electron chi connectivity index (χ4n) is 1.54. The van der Waals surface area contributed by atoms with E-state index in [1.807, 2.05) is 24.3 Å². The van der Waals surface area contributed by atoms with Gasteiger partial charge in [0.1, 0.15) is 6.04 Å². The lowest BCUT2D eigenvalue weighted by molar-refractivity contribution is 0.183. The van der Waals surface area contributed by atoms with Crippen LogP contribution in [0.25, 0.3) is 0 Å². The average molecular weight is 220 g/mol. The van der Waals surface area contributed by atoms with E-state index in [1.54, 1.807) is 7.11 Å². The molecule has 0 amide bonds. The maximum atomic E-state index is 9.06. The van der Waals surface area contributed by atoms with E-state index in [0.717, 1.165) is 11.1 Å². The summed E-state index contributed by atoms with van der Waals surface area (Å²) in [5.74, 6) is 0. The third kappa shape index (κ3) is 3.31. The molecule has 4 heteroatoms. The highest BCUT2D eigenvalue weighted by Gasteiger charge is 2.12. The van der Waals surface area contributed by atoms with Gasteiger partial charge in [-0.05, 0) is 11.1 Å². The van der Waals surface area contributed by atoms with Crippen LogP contribution < -0.4 is 5.32 Å². The number of rotatable bonds is 6. The number of methoxy groups -OCH3 is 1. The molecule has 0 fully saturated rings. The lowest BCUT2D eigenvalue weighted by atomic mass is 10.0. The summed E-state index contributed by atoms with van der Waals surface area (Å²) in [6.45, 7) is 0.902. The number of nitrogens with zero attached hydrogens (tertiary/aromatic N) is 1. The van der Waals surface area contributed by atoms with Crippen LogP contribution in [0.1, 0.15) is 17.2 Å². The van der Waals surface area contributed by atoms with Crippen LogP contribution in [0.15, 0.2) is 24.3 Å². The van der Waals surface area contributed by atoms with E-state index in [2.05, 4.69) is 11.4 Å². The molecule has 0 spiro atoms. The fraction of sp³-hybridized carbons (Fsp3) is 0.417. The summed E-state index contributed by atoms with van der Waals surface area (Å²) in [4.78, 5) is 0. The maximum absolute atomic E-state index is 9.06. The molecule has 0 saturated carbocycles. The quantitative estimate of drug-likeness (QED) is 0.750. The Morgan fingerprint density at radius 2 is 2.25 bits per heavy atom. The van der Waals surface area contributed by atoms with Gasteiger partial charge in [-0.25, -0.2) is 0 Å².